The van der Waals surface area contributed by atoms with Gasteiger partial charge in [0.05, 0.1) is 35.9 Å². The first-order valence-corrected chi connectivity index (χ1v) is 11.8. The van der Waals surface area contributed by atoms with Crippen molar-refractivity contribution in [3.05, 3.63) is 80.1 Å². The highest BCUT2D eigenvalue weighted by Crippen LogP contribution is 2.43. The van der Waals surface area contributed by atoms with Gasteiger partial charge in [0.15, 0.2) is 10.6 Å². The van der Waals surface area contributed by atoms with Gasteiger partial charge in [0.25, 0.3) is 5.91 Å². The van der Waals surface area contributed by atoms with Crippen molar-refractivity contribution >= 4 is 33.3 Å². The van der Waals surface area contributed by atoms with E-state index in [1.165, 1.54) is 18.4 Å². The highest BCUT2D eigenvalue weighted by Gasteiger charge is 2.45. The molecule has 1 amide bonds. The molecule has 0 fully saturated rings. The summed E-state index contributed by atoms with van der Waals surface area (Å²) in [7, 11) is 1.54. The topological polar surface area (TPSA) is 81.9 Å². The standard InChI is InChI=1S/C26H24N2O5S/c1-13(2)32-17-8-6-16(7-9-17)22-21-23(29)19-11-10-18(31-5)12-20(19)33-24(21)25(30)28(22)26-27-14(3)15(4)34-26/h6-13,22H,1-5H3. The monoisotopic (exact) mass is 476 g/mol. The van der Waals surface area contributed by atoms with E-state index in [0.717, 1.165) is 16.1 Å². The number of rotatable bonds is 5. The summed E-state index contributed by atoms with van der Waals surface area (Å²) in [5.74, 6) is 0.900. The molecule has 7 nitrogen and oxygen atoms in total. The lowest BCUT2D eigenvalue weighted by atomic mass is 9.98. The summed E-state index contributed by atoms with van der Waals surface area (Å²) in [4.78, 5) is 34.5. The molecule has 34 heavy (non-hydrogen) atoms. The van der Waals surface area contributed by atoms with E-state index in [2.05, 4.69) is 4.98 Å². The van der Waals surface area contributed by atoms with E-state index in [-0.39, 0.29) is 17.3 Å². The number of ether oxygens (including phenoxy) is 2. The minimum atomic E-state index is -0.664. The van der Waals surface area contributed by atoms with Crippen LogP contribution in [0.25, 0.3) is 11.0 Å². The third kappa shape index (κ3) is 3.54. The largest absolute Gasteiger partial charge is 0.497 e. The summed E-state index contributed by atoms with van der Waals surface area (Å²) < 4.78 is 17.1. The summed E-state index contributed by atoms with van der Waals surface area (Å²) in [6.07, 6.45) is 0.0350. The number of anilines is 1. The van der Waals surface area contributed by atoms with Crippen LogP contribution >= 0.6 is 11.3 Å². The Kier molecular flexibility index (Phi) is 5.40. The number of thiazole rings is 1. The van der Waals surface area contributed by atoms with Crippen LogP contribution in [0.15, 0.2) is 51.7 Å². The van der Waals surface area contributed by atoms with Gasteiger partial charge in [-0.2, -0.15) is 0 Å². The second kappa shape index (κ2) is 8.29. The van der Waals surface area contributed by atoms with Crippen LogP contribution in [-0.4, -0.2) is 24.1 Å². The summed E-state index contributed by atoms with van der Waals surface area (Å²) in [5, 5.41) is 0.922. The third-order valence-electron chi connectivity index (χ3n) is 5.87. The van der Waals surface area contributed by atoms with Crippen LogP contribution in [0.4, 0.5) is 5.13 Å². The van der Waals surface area contributed by atoms with Crippen LogP contribution in [0.1, 0.15) is 52.1 Å². The Labute approximate surface area is 200 Å². The zero-order valence-corrected chi connectivity index (χ0v) is 20.4. The third-order valence-corrected chi connectivity index (χ3v) is 6.94. The quantitative estimate of drug-likeness (QED) is 0.383. The number of aromatic nitrogens is 1. The predicted octanol–water partition coefficient (Wildman–Crippen LogP) is 5.41. The number of benzene rings is 2. The molecule has 8 heteroatoms. The van der Waals surface area contributed by atoms with Crippen LogP contribution in [0, 0.1) is 13.8 Å². The fourth-order valence-electron chi connectivity index (χ4n) is 4.15. The van der Waals surface area contributed by atoms with E-state index in [1.807, 2.05) is 52.0 Å². The van der Waals surface area contributed by atoms with Gasteiger partial charge < -0.3 is 13.9 Å². The van der Waals surface area contributed by atoms with Crippen molar-refractivity contribution < 1.29 is 18.7 Å². The molecule has 4 aromatic rings. The molecule has 2 aromatic carbocycles. The number of nitrogens with zero attached hydrogens (tertiary/aromatic N) is 2. The van der Waals surface area contributed by atoms with E-state index in [9.17, 15) is 9.59 Å². The number of carbonyl (C=O) groups excluding carboxylic acids is 1. The SMILES string of the molecule is COc1ccc2c(=O)c3c(oc2c1)C(=O)N(c1nc(C)c(C)s1)C3c1ccc(OC(C)C)cc1. The molecular formula is C26H24N2O5S. The van der Waals surface area contributed by atoms with Gasteiger partial charge in [0, 0.05) is 10.9 Å². The number of hydrogen-bond donors (Lipinski definition) is 0. The van der Waals surface area contributed by atoms with Gasteiger partial charge in [0.1, 0.15) is 17.1 Å². The van der Waals surface area contributed by atoms with Crippen LogP contribution in [0.3, 0.4) is 0 Å². The number of methoxy groups -OCH3 is 1. The van der Waals surface area contributed by atoms with Gasteiger partial charge in [-0.3, -0.25) is 14.5 Å². The molecule has 0 aliphatic carbocycles. The molecule has 0 saturated carbocycles. The number of fused-ring (bicyclic) bond motifs is 2. The van der Waals surface area contributed by atoms with Gasteiger partial charge in [-0.15, -0.1) is 11.3 Å². The zero-order chi connectivity index (χ0) is 24.1. The first-order valence-electron chi connectivity index (χ1n) is 11.0. The number of aryl methyl sites for hydroxylation is 2. The number of hydrogen-bond acceptors (Lipinski definition) is 7. The van der Waals surface area contributed by atoms with Crippen LogP contribution in [-0.2, 0) is 0 Å². The number of amides is 1. The van der Waals surface area contributed by atoms with Crippen molar-refractivity contribution in [1.29, 1.82) is 0 Å². The van der Waals surface area contributed by atoms with Gasteiger partial charge >= 0.3 is 0 Å². The average Bonchev–Trinajstić information content (AvgIpc) is 3.29. The highest BCUT2D eigenvalue weighted by molar-refractivity contribution is 7.15. The van der Waals surface area contributed by atoms with Crippen LogP contribution in [0.5, 0.6) is 11.5 Å². The maximum atomic E-state index is 13.7. The summed E-state index contributed by atoms with van der Waals surface area (Å²) in [5.41, 5.74) is 1.99. The zero-order valence-electron chi connectivity index (χ0n) is 19.5. The first-order chi connectivity index (χ1) is 16.3. The minimum Gasteiger partial charge on any atom is -0.497 e. The van der Waals surface area contributed by atoms with Crippen molar-refractivity contribution in [1.82, 2.24) is 4.98 Å². The Morgan fingerprint density at radius 3 is 2.38 bits per heavy atom. The van der Waals surface area contributed by atoms with E-state index in [0.29, 0.717) is 33.2 Å². The lowest BCUT2D eigenvalue weighted by Gasteiger charge is -2.23. The fraction of sp³-hybridized carbons (Fsp3) is 0.269. The van der Waals surface area contributed by atoms with Crippen molar-refractivity contribution in [2.45, 2.75) is 39.8 Å². The van der Waals surface area contributed by atoms with Gasteiger partial charge in [0.2, 0.25) is 5.76 Å². The Bertz CT molecular complexity index is 1450. The highest BCUT2D eigenvalue weighted by atomic mass is 32.1. The fourth-order valence-corrected chi connectivity index (χ4v) is 5.09. The molecule has 1 unspecified atom stereocenters. The van der Waals surface area contributed by atoms with E-state index in [1.54, 1.807) is 23.1 Å². The normalized spacial score (nSPS) is 15.3. The van der Waals surface area contributed by atoms with Gasteiger partial charge in [-0.1, -0.05) is 12.1 Å². The lowest BCUT2D eigenvalue weighted by Crippen LogP contribution is -2.29. The molecule has 1 atom stereocenters. The van der Waals surface area contributed by atoms with Crippen LogP contribution in [0.2, 0.25) is 0 Å². The minimum absolute atomic E-state index is 0.0313. The molecule has 5 rings (SSSR count). The van der Waals surface area contributed by atoms with E-state index < -0.39 is 11.9 Å². The summed E-state index contributed by atoms with van der Waals surface area (Å²) in [6.45, 7) is 7.78. The van der Waals surface area contributed by atoms with E-state index in [4.69, 9.17) is 13.9 Å². The Morgan fingerprint density at radius 2 is 1.76 bits per heavy atom. The Hall–Kier alpha value is -3.65. The molecular weight excluding hydrogens is 452 g/mol. The van der Waals surface area contributed by atoms with Crippen molar-refractivity contribution in [3.8, 4) is 11.5 Å². The van der Waals surface area contributed by atoms with Crippen molar-refractivity contribution in [3.63, 3.8) is 0 Å². The molecule has 0 bridgehead atoms. The molecule has 174 valence electrons. The average molecular weight is 477 g/mol. The van der Waals surface area contributed by atoms with Crippen molar-refractivity contribution in [2.75, 3.05) is 12.0 Å². The number of carbonyl (C=O) groups is 1. The summed E-state index contributed by atoms with van der Waals surface area (Å²) >= 11 is 1.42. The Balaban J connectivity index is 1.73. The molecule has 3 heterocycles. The summed E-state index contributed by atoms with van der Waals surface area (Å²) in [6, 6.07) is 11.8. The molecule has 0 N–H and O–H groups in total. The molecule has 1 aliphatic heterocycles. The molecule has 0 spiro atoms. The van der Waals surface area contributed by atoms with Gasteiger partial charge in [-0.25, -0.2) is 4.98 Å². The predicted molar refractivity (Wildman–Crippen MR) is 131 cm³/mol. The molecule has 0 radical (unpaired) electrons. The Morgan fingerprint density at radius 1 is 1.06 bits per heavy atom. The maximum absolute atomic E-state index is 13.7. The maximum Gasteiger partial charge on any atom is 0.297 e. The van der Waals surface area contributed by atoms with Crippen LogP contribution < -0.4 is 19.8 Å². The lowest BCUT2D eigenvalue weighted by molar-refractivity contribution is 0.0971. The molecule has 1 aliphatic rings. The van der Waals surface area contributed by atoms with Crippen molar-refractivity contribution in [2.24, 2.45) is 0 Å². The van der Waals surface area contributed by atoms with E-state index >= 15 is 0 Å². The molecule has 0 saturated heterocycles. The van der Waals surface area contributed by atoms with Gasteiger partial charge in [-0.05, 0) is 57.5 Å². The second-order valence-corrected chi connectivity index (χ2v) is 9.67. The first kappa shape index (κ1) is 22.2. The smallest absolute Gasteiger partial charge is 0.297 e. The molecule has 2 aromatic heterocycles. The second-order valence-electron chi connectivity index (χ2n) is 8.49.